The standard InChI is InChI=1S/C20H24N6O2S/c1-12-23-18(22-11-20-26-25-13(2)29-20)9-19(24-12)28-7-6-14-8-16(14)17-5-4-15(27-3)10-21-17/h4-5,9-10,14,16H,6-8,11H2,1-3H3,(H,22,23,24). The van der Waals surface area contributed by atoms with E-state index in [4.69, 9.17) is 9.47 Å². The molecule has 8 nitrogen and oxygen atoms in total. The van der Waals surface area contributed by atoms with Gasteiger partial charge in [-0.2, -0.15) is 4.98 Å². The second-order valence-corrected chi connectivity index (χ2v) is 8.34. The average Bonchev–Trinajstić information content (AvgIpc) is 3.37. The fourth-order valence-corrected chi connectivity index (χ4v) is 3.90. The van der Waals surface area contributed by atoms with Crippen LogP contribution >= 0.6 is 11.3 Å². The molecule has 2 atom stereocenters. The lowest BCUT2D eigenvalue weighted by atomic mass is 10.2. The predicted octanol–water partition coefficient (Wildman–Crippen LogP) is 3.53. The third-order valence-corrected chi connectivity index (χ3v) is 5.68. The maximum Gasteiger partial charge on any atom is 0.218 e. The molecule has 29 heavy (non-hydrogen) atoms. The molecular weight excluding hydrogens is 388 g/mol. The van der Waals surface area contributed by atoms with E-state index in [0.29, 0.717) is 36.7 Å². The quantitative estimate of drug-likeness (QED) is 0.570. The van der Waals surface area contributed by atoms with Crippen molar-refractivity contribution < 1.29 is 9.47 Å². The van der Waals surface area contributed by atoms with Gasteiger partial charge in [0.2, 0.25) is 5.88 Å². The van der Waals surface area contributed by atoms with E-state index in [9.17, 15) is 0 Å². The number of rotatable bonds is 9. The Morgan fingerprint density at radius 3 is 2.83 bits per heavy atom. The van der Waals surface area contributed by atoms with Gasteiger partial charge in [0, 0.05) is 17.7 Å². The summed E-state index contributed by atoms with van der Waals surface area (Å²) in [5.74, 6) is 3.91. The molecule has 1 N–H and O–H groups in total. The lowest BCUT2D eigenvalue weighted by molar-refractivity contribution is 0.289. The smallest absolute Gasteiger partial charge is 0.218 e. The molecule has 0 radical (unpaired) electrons. The predicted molar refractivity (Wildman–Crippen MR) is 110 cm³/mol. The van der Waals surface area contributed by atoms with Gasteiger partial charge in [-0.1, -0.05) is 11.3 Å². The molecule has 0 aromatic carbocycles. The maximum atomic E-state index is 5.90. The fourth-order valence-electron chi connectivity index (χ4n) is 3.26. The molecule has 1 saturated carbocycles. The Morgan fingerprint density at radius 1 is 1.21 bits per heavy atom. The second-order valence-electron chi connectivity index (χ2n) is 7.07. The number of hydrogen-bond donors (Lipinski definition) is 1. The molecule has 4 rings (SSSR count). The third-order valence-electron chi connectivity index (χ3n) is 4.84. The molecule has 3 aromatic rings. The van der Waals surface area contributed by atoms with Crippen LogP contribution in [0.15, 0.2) is 24.4 Å². The van der Waals surface area contributed by atoms with E-state index in [1.807, 2.05) is 26.0 Å². The third kappa shape index (κ3) is 5.17. The Balaban J connectivity index is 1.26. The Morgan fingerprint density at radius 2 is 2.10 bits per heavy atom. The zero-order chi connectivity index (χ0) is 20.2. The van der Waals surface area contributed by atoms with Crippen LogP contribution in [0.5, 0.6) is 11.6 Å². The molecule has 0 spiro atoms. The molecule has 1 aliphatic carbocycles. The summed E-state index contributed by atoms with van der Waals surface area (Å²) in [5.41, 5.74) is 1.13. The van der Waals surface area contributed by atoms with Crippen LogP contribution in [0, 0.1) is 19.8 Å². The van der Waals surface area contributed by atoms with Crippen molar-refractivity contribution in [1.82, 2.24) is 25.1 Å². The number of anilines is 1. The van der Waals surface area contributed by atoms with E-state index in [-0.39, 0.29) is 0 Å². The Kier molecular flexibility index (Phi) is 5.84. The van der Waals surface area contributed by atoms with Crippen molar-refractivity contribution in [1.29, 1.82) is 0 Å². The van der Waals surface area contributed by atoms with Gasteiger partial charge in [-0.25, -0.2) is 4.98 Å². The highest BCUT2D eigenvalue weighted by molar-refractivity contribution is 7.11. The van der Waals surface area contributed by atoms with Crippen molar-refractivity contribution in [2.75, 3.05) is 19.0 Å². The summed E-state index contributed by atoms with van der Waals surface area (Å²) >= 11 is 1.57. The van der Waals surface area contributed by atoms with Crippen molar-refractivity contribution in [2.24, 2.45) is 5.92 Å². The summed E-state index contributed by atoms with van der Waals surface area (Å²) in [6.07, 6.45) is 3.91. The van der Waals surface area contributed by atoms with Gasteiger partial charge in [0.25, 0.3) is 0 Å². The van der Waals surface area contributed by atoms with Crippen LogP contribution in [0.3, 0.4) is 0 Å². The number of nitrogens with zero attached hydrogens (tertiary/aromatic N) is 5. The minimum absolute atomic E-state index is 0.518. The van der Waals surface area contributed by atoms with Crippen LogP contribution in [0.25, 0.3) is 0 Å². The van der Waals surface area contributed by atoms with E-state index < -0.39 is 0 Å². The fraction of sp³-hybridized carbons (Fsp3) is 0.450. The summed E-state index contributed by atoms with van der Waals surface area (Å²) in [7, 11) is 1.65. The molecule has 1 aliphatic rings. The zero-order valence-corrected chi connectivity index (χ0v) is 17.6. The highest BCUT2D eigenvalue weighted by atomic mass is 32.1. The first-order chi connectivity index (χ1) is 14.1. The lowest BCUT2D eigenvalue weighted by Crippen LogP contribution is -2.06. The van der Waals surface area contributed by atoms with Crippen molar-refractivity contribution in [3.05, 3.63) is 45.9 Å². The monoisotopic (exact) mass is 412 g/mol. The summed E-state index contributed by atoms with van der Waals surface area (Å²) in [4.78, 5) is 13.3. The van der Waals surface area contributed by atoms with Crippen LogP contribution in [-0.2, 0) is 6.54 Å². The molecule has 0 amide bonds. The van der Waals surface area contributed by atoms with Crippen molar-refractivity contribution in [2.45, 2.75) is 39.2 Å². The lowest BCUT2D eigenvalue weighted by Gasteiger charge is -2.09. The molecule has 0 bridgehead atoms. The molecular formula is C20H24N6O2S. The average molecular weight is 413 g/mol. The topological polar surface area (TPSA) is 94.9 Å². The van der Waals surface area contributed by atoms with Crippen LogP contribution in [0.1, 0.15) is 40.3 Å². The SMILES string of the molecule is COc1ccc(C2CC2CCOc2cc(NCc3nnc(C)s3)nc(C)n2)nc1. The van der Waals surface area contributed by atoms with Gasteiger partial charge in [-0.05, 0) is 44.7 Å². The van der Waals surface area contributed by atoms with Crippen molar-refractivity contribution in [3.63, 3.8) is 0 Å². The number of pyridine rings is 1. The number of methoxy groups -OCH3 is 1. The first-order valence-corrected chi connectivity index (χ1v) is 10.4. The number of nitrogens with one attached hydrogen (secondary N) is 1. The largest absolute Gasteiger partial charge is 0.495 e. The summed E-state index contributed by atoms with van der Waals surface area (Å²) in [6.45, 7) is 5.01. The van der Waals surface area contributed by atoms with E-state index in [0.717, 1.165) is 40.1 Å². The summed E-state index contributed by atoms with van der Waals surface area (Å²) in [5, 5.41) is 13.3. The maximum absolute atomic E-state index is 5.90. The molecule has 3 aromatic heterocycles. The number of ether oxygens (including phenoxy) is 2. The Labute approximate surface area is 173 Å². The van der Waals surface area contributed by atoms with E-state index >= 15 is 0 Å². The minimum atomic E-state index is 0.518. The molecule has 152 valence electrons. The zero-order valence-electron chi connectivity index (χ0n) is 16.8. The van der Waals surface area contributed by atoms with Crippen LogP contribution < -0.4 is 14.8 Å². The second kappa shape index (κ2) is 8.69. The first-order valence-electron chi connectivity index (χ1n) is 9.62. The number of aromatic nitrogens is 5. The van der Waals surface area contributed by atoms with Crippen LogP contribution in [0.4, 0.5) is 5.82 Å². The molecule has 9 heteroatoms. The molecule has 0 aliphatic heterocycles. The van der Waals surface area contributed by atoms with Crippen LogP contribution in [0.2, 0.25) is 0 Å². The summed E-state index contributed by atoms with van der Waals surface area (Å²) in [6, 6.07) is 5.85. The molecule has 2 unspecified atom stereocenters. The van der Waals surface area contributed by atoms with Gasteiger partial charge in [-0.3, -0.25) is 4.98 Å². The minimum Gasteiger partial charge on any atom is -0.495 e. The van der Waals surface area contributed by atoms with Gasteiger partial charge < -0.3 is 14.8 Å². The van der Waals surface area contributed by atoms with Gasteiger partial charge in [0.05, 0.1) is 26.5 Å². The van der Waals surface area contributed by atoms with Gasteiger partial charge >= 0.3 is 0 Å². The summed E-state index contributed by atoms with van der Waals surface area (Å²) < 4.78 is 11.1. The van der Waals surface area contributed by atoms with Gasteiger partial charge in [-0.15, -0.1) is 10.2 Å². The highest BCUT2D eigenvalue weighted by Gasteiger charge is 2.38. The van der Waals surface area contributed by atoms with E-state index in [1.165, 1.54) is 0 Å². The Hall–Kier alpha value is -2.81. The molecule has 3 heterocycles. The van der Waals surface area contributed by atoms with Crippen molar-refractivity contribution in [3.8, 4) is 11.6 Å². The molecule has 1 fully saturated rings. The molecule has 0 saturated heterocycles. The van der Waals surface area contributed by atoms with Crippen LogP contribution in [-0.4, -0.2) is 38.9 Å². The van der Waals surface area contributed by atoms with E-state index in [1.54, 1.807) is 24.6 Å². The highest BCUT2D eigenvalue weighted by Crippen LogP contribution is 2.48. The van der Waals surface area contributed by atoms with Gasteiger partial charge in [0.1, 0.15) is 27.4 Å². The normalized spacial score (nSPS) is 17.8. The Bertz CT molecular complexity index is 962. The van der Waals surface area contributed by atoms with Gasteiger partial charge in [0.15, 0.2) is 0 Å². The number of aryl methyl sites for hydroxylation is 2. The first kappa shape index (κ1) is 19.5. The van der Waals surface area contributed by atoms with Crippen molar-refractivity contribution >= 4 is 17.2 Å². The van der Waals surface area contributed by atoms with E-state index in [2.05, 4.69) is 36.5 Å². The number of hydrogen-bond acceptors (Lipinski definition) is 9.